The Morgan fingerprint density at radius 1 is 1.00 bits per heavy atom. The summed E-state index contributed by atoms with van der Waals surface area (Å²) in [7, 11) is -3.77. The lowest BCUT2D eigenvalue weighted by Crippen LogP contribution is -2.11. The van der Waals surface area contributed by atoms with E-state index in [-0.39, 0.29) is 10.6 Å². The average Bonchev–Trinajstić information content (AvgIpc) is 2.39. The number of rotatable bonds is 2. The molecular formula is C12H11IN2O4S. The number of benzene rings is 2. The van der Waals surface area contributed by atoms with Crippen LogP contribution < -0.4 is 5.14 Å². The fraction of sp³-hybridized carbons (Fsp3) is 0. The molecule has 0 unspecified atom stereocenters. The van der Waals surface area contributed by atoms with E-state index in [0.717, 1.165) is 24.3 Å². The molecule has 0 aromatic heterocycles. The number of hydrogen-bond acceptors (Lipinski definition) is 4. The highest BCUT2D eigenvalue weighted by molar-refractivity contribution is 14.1. The average molecular weight is 406 g/mol. The van der Waals surface area contributed by atoms with Crippen LogP contribution in [0, 0.1) is 13.7 Å². The quantitative estimate of drug-likeness (QED) is 0.470. The van der Waals surface area contributed by atoms with E-state index < -0.39 is 14.9 Å². The summed E-state index contributed by atoms with van der Waals surface area (Å²) in [6, 6.07) is 14.6. The molecule has 0 atom stereocenters. The van der Waals surface area contributed by atoms with Crippen molar-refractivity contribution in [3.05, 3.63) is 68.3 Å². The molecule has 0 fully saturated rings. The summed E-state index contributed by atoms with van der Waals surface area (Å²) in [5.41, 5.74) is -0.174. The zero-order valence-corrected chi connectivity index (χ0v) is 13.1. The molecule has 0 spiro atoms. The van der Waals surface area contributed by atoms with Crippen LogP contribution in [0.3, 0.4) is 0 Å². The highest BCUT2D eigenvalue weighted by Gasteiger charge is 2.10. The molecule has 20 heavy (non-hydrogen) atoms. The number of primary sulfonamides is 1. The van der Waals surface area contributed by atoms with Crippen LogP contribution in [0.2, 0.25) is 0 Å². The fourth-order valence-corrected chi connectivity index (χ4v) is 2.10. The normalized spacial score (nSPS) is 10.3. The van der Waals surface area contributed by atoms with Crippen LogP contribution in [-0.2, 0) is 10.0 Å². The largest absolute Gasteiger partial charge is 0.269 e. The number of nitro groups is 1. The van der Waals surface area contributed by atoms with Gasteiger partial charge in [0.2, 0.25) is 10.0 Å². The van der Waals surface area contributed by atoms with Gasteiger partial charge < -0.3 is 0 Å². The molecule has 0 radical (unpaired) electrons. The van der Waals surface area contributed by atoms with Crippen molar-refractivity contribution in [2.75, 3.05) is 0 Å². The van der Waals surface area contributed by atoms with Crippen LogP contribution >= 0.6 is 22.6 Å². The van der Waals surface area contributed by atoms with E-state index in [1.165, 1.54) is 3.57 Å². The lowest BCUT2D eigenvalue weighted by atomic mass is 10.3. The number of nitrogens with two attached hydrogens (primary N) is 1. The molecule has 0 aliphatic carbocycles. The molecule has 8 heteroatoms. The minimum absolute atomic E-state index is 0.141. The standard InChI is InChI=1S/C6H5I.C6H6N2O4S/c7-6-4-2-1-3-5-6;7-13(11,12)6-3-1-5(2-4-6)8(9)10/h1-5H;1-4H,(H2,7,11,12). The predicted octanol–water partition coefficient (Wildman–Crippen LogP) is 2.53. The van der Waals surface area contributed by atoms with Gasteiger partial charge in [-0.3, -0.25) is 10.1 Å². The topological polar surface area (TPSA) is 103 Å². The summed E-state index contributed by atoms with van der Waals surface area (Å²) in [5, 5.41) is 15.0. The van der Waals surface area contributed by atoms with Crippen molar-refractivity contribution in [3.8, 4) is 0 Å². The van der Waals surface area contributed by atoms with Gasteiger partial charge in [0.15, 0.2) is 0 Å². The molecule has 0 aliphatic rings. The van der Waals surface area contributed by atoms with Gasteiger partial charge >= 0.3 is 0 Å². The first kappa shape index (κ1) is 16.5. The third-order valence-corrected chi connectivity index (χ3v) is 3.76. The van der Waals surface area contributed by atoms with Crippen LogP contribution in [0.1, 0.15) is 0 Å². The molecule has 106 valence electrons. The van der Waals surface area contributed by atoms with Crippen molar-refractivity contribution in [1.29, 1.82) is 0 Å². The zero-order valence-electron chi connectivity index (χ0n) is 10.1. The third-order valence-electron chi connectivity index (χ3n) is 2.11. The van der Waals surface area contributed by atoms with Crippen molar-refractivity contribution >= 4 is 38.3 Å². The SMILES string of the molecule is Ic1ccccc1.NS(=O)(=O)c1ccc([N+](=O)[O-])cc1. The number of nitro benzene ring substituents is 1. The highest BCUT2D eigenvalue weighted by Crippen LogP contribution is 2.14. The molecule has 2 N–H and O–H groups in total. The molecule has 0 aliphatic heterocycles. The Bertz CT molecular complexity index is 672. The van der Waals surface area contributed by atoms with Crippen molar-refractivity contribution < 1.29 is 13.3 Å². The maximum absolute atomic E-state index is 10.7. The number of halogens is 1. The van der Waals surface area contributed by atoms with Gasteiger partial charge in [0.1, 0.15) is 0 Å². The molecule has 6 nitrogen and oxygen atoms in total. The van der Waals surface area contributed by atoms with Gasteiger partial charge in [-0.15, -0.1) is 0 Å². The highest BCUT2D eigenvalue weighted by atomic mass is 127. The summed E-state index contributed by atoms with van der Waals surface area (Å²) >= 11 is 2.28. The van der Waals surface area contributed by atoms with Crippen molar-refractivity contribution in [2.24, 2.45) is 5.14 Å². The smallest absolute Gasteiger partial charge is 0.258 e. The molecule has 0 saturated carbocycles. The van der Waals surface area contributed by atoms with Crippen molar-refractivity contribution in [1.82, 2.24) is 0 Å². The maximum Gasteiger partial charge on any atom is 0.269 e. The van der Waals surface area contributed by atoms with E-state index in [2.05, 4.69) is 34.7 Å². The molecule has 0 saturated heterocycles. The third kappa shape index (κ3) is 5.63. The van der Waals surface area contributed by atoms with Crippen LogP contribution in [0.5, 0.6) is 0 Å². The number of non-ortho nitro benzene ring substituents is 1. The molecule has 0 amide bonds. The molecule has 2 aromatic rings. The number of hydrogen-bond donors (Lipinski definition) is 1. The van der Waals surface area contributed by atoms with E-state index in [4.69, 9.17) is 5.14 Å². The Kier molecular flexibility index (Phi) is 6.05. The zero-order chi connectivity index (χ0) is 15.2. The number of nitrogens with zero attached hydrogens (tertiary/aromatic N) is 1. The fourth-order valence-electron chi connectivity index (χ4n) is 1.17. The second-order valence-electron chi connectivity index (χ2n) is 3.59. The Balaban J connectivity index is 0.000000240. The van der Waals surface area contributed by atoms with Crippen LogP contribution in [0.25, 0.3) is 0 Å². The van der Waals surface area contributed by atoms with Gasteiger partial charge in [0, 0.05) is 15.7 Å². The molecule has 2 aromatic carbocycles. The van der Waals surface area contributed by atoms with Crippen LogP contribution in [-0.4, -0.2) is 13.3 Å². The Morgan fingerprint density at radius 2 is 1.50 bits per heavy atom. The van der Waals surface area contributed by atoms with Crippen LogP contribution in [0.4, 0.5) is 5.69 Å². The van der Waals surface area contributed by atoms with Gasteiger partial charge in [-0.25, -0.2) is 13.6 Å². The minimum Gasteiger partial charge on any atom is -0.258 e. The van der Waals surface area contributed by atoms with Gasteiger partial charge in [-0.1, -0.05) is 18.2 Å². The maximum atomic E-state index is 10.7. The van der Waals surface area contributed by atoms with Gasteiger partial charge in [-0.2, -0.15) is 0 Å². The Hall–Kier alpha value is -1.52. The van der Waals surface area contributed by atoms with Gasteiger partial charge in [-0.05, 0) is 46.9 Å². The van der Waals surface area contributed by atoms with Gasteiger partial charge in [0.05, 0.1) is 9.82 Å². The second-order valence-corrected chi connectivity index (χ2v) is 6.40. The summed E-state index contributed by atoms with van der Waals surface area (Å²) < 4.78 is 22.7. The minimum atomic E-state index is -3.77. The van der Waals surface area contributed by atoms with E-state index in [0.29, 0.717) is 0 Å². The van der Waals surface area contributed by atoms with Crippen LogP contribution in [0.15, 0.2) is 59.5 Å². The monoisotopic (exact) mass is 406 g/mol. The van der Waals surface area contributed by atoms with E-state index in [1.54, 1.807) is 0 Å². The lowest BCUT2D eigenvalue weighted by molar-refractivity contribution is -0.384. The summed E-state index contributed by atoms with van der Waals surface area (Å²) in [5.74, 6) is 0. The molecule has 2 rings (SSSR count). The van der Waals surface area contributed by atoms with Crippen molar-refractivity contribution in [3.63, 3.8) is 0 Å². The summed E-state index contributed by atoms with van der Waals surface area (Å²) in [6.45, 7) is 0. The van der Waals surface area contributed by atoms with Crippen molar-refractivity contribution in [2.45, 2.75) is 4.90 Å². The van der Waals surface area contributed by atoms with E-state index in [1.807, 2.05) is 18.2 Å². The number of sulfonamides is 1. The molecular weight excluding hydrogens is 395 g/mol. The second kappa shape index (κ2) is 7.31. The molecule has 0 bridgehead atoms. The Labute approximate surface area is 130 Å². The van der Waals surface area contributed by atoms with E-state index in [9.17, 15) is 18.5 Å². The first-order chi connectivity index (χ1) is 9.30. The lowest BCUT2D eigenvalue weighted by Gasteiger charge is -1.95. The predicted molar refractivity (Wildman–Crippen MR) is 83.6 cm³/mol. The summed E-state index contributed by atoms with van der Waals surface area (Å²) in [4.78, 5) is 9.43. The Morgan fingerprint density at radius 3 is 1.80 bits per heavy atom. The van der Waals surface area contributed by atoms with E-state index >= 15 is 0 Å². The van der Waals surface area contributed by atoms with Gasteiger partial charge in [0.25, 0.3) is 5.69 Å². The first-order valence-electron chi connectivity index (χ1n) is 5.28. The first-order valence-corrected chi connectivity index (χ1v) is 7.91. The molecule has 0 heterocycles. The summed E-state index contributed by atoms with van der Waals surface area (Å²) in [6.07, 6.45) is 0.